The molecule has 5 heteroatoms. The molecule has 0 amide bonds. The van der Waals surface area contributed by atoms with Crippen molar-refractivity contribution in [1.29, 1.82) is 5.26 Å². The lowest BCUT2D eigenvalue weighted by molar-refractivity contribution is 0.668. The second kappa shape index (κ2) is 8.81. The van der Waals surface area contributed by atoms with Crippen LogP contribution in [0.25, 0.3) is 85.6 Å². The molecule has 0 N–H and O–H groups in total. The molecular weight excluding hydrogens is 547 g/mol. The number of nitriles is 1. The third-order valence-electron chi connectivity index (χ3n) is 8.44. The summed E-state index contributed by atoms with van der Waals surface area (Å²) in [5, 5.41) is 16.0. The van der Waals surface area contributed by atoms with E-state index in [4.69, 9.17) is 11.0 Å². The van der Waals surface area contributed by atoms with Crippen LogP contribution in [0.5, 0.6) is 0 Å². The fourth-order valence-corrected chi connectivity index (χ4v) is 7.80. The molecule has 0 spiro atoms. The summed E-state index contributed by atoms with van der Waals surface area (Å²) < 4.78 is 11.3. The van der Waals surface area contributed by atoms with E-state index in [2.05, 4.69) is 88.3 Å². The van der Waals surface area contributed by atoms with Gasteiger partial charge in [0.1, 0.15) is 5.58 Å². The van der Waals surface area contributed by atoms with E-state index in [0.717, 1.165) is 55.0 Å². The predicted octanol–water partition coefficient (Wildman–Crippen LogP) is 11.1. The quantitative estimate of drug-likeness (QED) is 0.196. The van der Waals surface area contributed by atoms with Crippen molar-refractivity contribution < 1.29 is 4.42 Å². The molecule has 3 heterocycles. The Morgan fingerprint density at radius 1 is 0.674 bits per heavy atom. The van der Waals surface area contributed by atoms with Gasteiger partial charge in [0, 0.05) is 41.7 Å². The molecule has 0 bridgehead atoms. The number of fused-ring (bicyclic) bond motifs is 9. The largest absolute Gasteiger partial charge is 0.465 e. The van der Waals surface area contributed by atoms with Crippen molar-refractivity contribution in [2.75, 3.05) is 0 Å². The topological polar surface area (TPSA) is 46.2 Å². The fraction of sp³-hybridized carbons (Fsp3) is 0. The van der Waals surface area contributed by atoms with Crippen LogP contribution in [-0.4, -0.2) is 4.57 Å². The Morgan fingerprint density at radius 3 is 2.33 bits per heavy atom. The minimum Gasteiger partial charge on any atom is -0.465 e. The highest BCUT2D eigenvalue weighted by Gasteiger charge is 2.20. The second-order valence-corrected chi connectivity index (χ2v) is 11.8. The summed E-state index contributed by atoms with van der Waals surface area (Å²) in [6.07, 6.45) is 0. The molecular formula is C38H19N3OS. The summed E-state index contributed by atoms with van der Waals surface area (Å²) in [7, 11) is 0. The molecule has 0 saturated carbocycles. The smallest absolute Gasteiger partial charge is 0.230 e. The van der Waals surface area contributed by atoms with E-state index in [1.54, 1.807) is 11.3 Å². The number of hydrogen-bond donors (Lipinski definition) is 0. The van der Waals surface area contributed by atoms with Crippen LogP contribution < -0.4 is 0 Å². The standard InChI is InChI=1S/C38H19N3OS/c1-40-31-20-23(24-10-6-12-28-26-9-3-5-15-35(26)43-38(24)28)19-30-27-11-7-14-34(37(27)42-36(30)31)41-32-13-4-2-8-25(32)29-18-22(21-39)16-17-33(29)41/h2-20H. The zero-order valence-electron chi connectivity index (χ0n) is 22.6. The van der Waals surface area contributed by atoms with Crippen LogP contribution in [0, 0.1) is 17.9 Å². The molecule has 6 aromatic carbocycles. The average Bonchev–Trinajstić information content (AvgIpc) is 3.73. The fourth-order valence-electron chi connectivity index (χ4n) is 6.56. The maximum atomic E-state index is 9.57. The number of rotatable bonds is 2. The van der Waals surface area contributed by atoms with Crippen LogP contribution in [0.2, 0.25) is 0 Å². The normalized spacial score (nSPS) is 11.7. The minimum atomic E-state index is 0.494. The Labute approximate surface area is 249 Å². The molecule has 3 aromatic heterocycles. The number of thiophene rings is 1. The van der Waals surface area contributed by atoms with Crippen LogP contribution >= 0.6 is 11.3 Å². The van der Waals surface area contributed by atoms with E-state index in [0.29, 0.717) is 16.8 Å². The molecule has 0 radical (unpaired) electrons. The minimum absolute atomic E-state index is 0.494. The number of aromatic nitrogens is 1. The third kappa shape index (κ3) is 3.29. The van der Waals surface area contributed by atoms with E-state index in [1.165, 1.54) is 20.2 Å². The van der Waals surface area contributed by atoms with Crippen molar-refractivity contribution >= 4 is 80.9 Å². The monoisotopic (exact) mass is 565 g/mol. The highest BCUT2D eigenvalue weighted by Crippen LogP contribution is 2.45. The Kier molecular flexibility index (Phi) is 4.87. The Balaban J connectivity index is 1.34. The van der Waals surface area contributed by atoms with Crippen LogP contribution in [0.1, 0.15) is 5.56 Å². The average molecular weight is 566 g/mol. The van der Waals surface area contributed by atoms with E-state index < -0.39 is 0 Å². The Hall–Kier alpha value is -5.88. The van der Waals surface area contributed by atoms with Gasteiger partial charge in [0.2, 0.25) is 5.69 Å². The molecule has 0 aliphatic heterocycles. The van der Waals surface area contributed by atoms with Crippen LogP contribution in [0.3, 0.4) is 0 Å². The van der Waals surface area contributed by atoms with Crippen molar-refractivity contribution in [3.8, 4) is 22.9 Å². The highest BCUT2D eigenvalue weighted by atomic mass is 32.1. The zero-order chi connectivity index (χ0) is 28.7. The van der Waals surface area contributed by atoms with Crippen LogP contribution in [0.4, 0.5) is 5.69 Å². The van der Waals surface area contributed by atoms with E-state index in [9.17, 15) is 5.26 Å². The first-order valence-electron chi connectivity index (χ1n) is 13.9. The first kappa shape index (κ1) is 23.8. The molecule has 0 aliphatic carbocycles. The van der Waals surface area contributed by atoms with E-state index in [1.807, 2.05) is 42.5 Å². The first-order chi connectivity index (χ1) is 21.2. The molecule has 0 aliphatic rings. The molecule has 9 aromatic rings. The summed E-state index contributed by atoms with van der Waals surface area (Å²) in [5.74, 6) is 0. The van der Waals surface area contributed by atoms with Gasteiger partial charge in [-0.1, -0.05) is 66.7 Å². The van der Waals surface area contributed by atoms with Crippen molar-refractivity contribution in [2.24, 2.45) is 0 Å². The van der Waals surface area contributed by atoms with E-state index >= 15 is 0 Å². The van der Waals surface area contributed by atoms with Crippen molar-refractivity contribution in [1.82, 2.24) is 4.57 Å². The molecule has 9 rings (SSSR count). The summed E-state index contributed by atoms with van der Waals surface area (Å²) in [5.41, 5.74) is 7.49. The lowest BCUT2D eigenvalue weighted by Crippen LogP contribution is -1.94. The van der Waals surface area contributed by atoms with Gasteiger partial charge in [0.25, 0.3) is 0 Å². The molecule has 0 saturated heterocycles. The molecule has 0 unspecified atom stereocenters. The van der Waals surface area contributed by atoms with Gasteiger partial charge in [-0.25, -0.2) is 4.85 Å². The van der Waals surface area contributed by atoms with Crippen molar-refractivity contribution in [2.45, 2.75) is 0 Å². The summed E-state index contributed by atoms with van der Waals surface area (Å²) in [6, 6.07) is 41.6. The number of benzene rings is 6. The number of nitrogens with zero attached hydrogens (tertiary/aromatic N) is 3. The molecule has 4 nitrogen and oxygen atoms in total. The predicted molar refractivity (Wildman–Crippen MR) is 177 cm³/mol. The van der Waals surface area contributed by atoms with Gasteiger partial charge in [-0.05, 0) is 59.7 Å². The molecule has 0 atom stereocenters. The summed E-state index contributed by atoms with van der Waals surface area (Å²) in [4.78, 5) is 3.94. The first-order valence-corrected chi connectivity index (χ1v) is 14.8. The van der Waals surface area contributed by atoms with Gasteiger partial charge >= 0.3 is 0 Å². The van der Waals surface area contributed by atoms with Crippen LogP contribution in [-0.2, 0) is 0 Å². The Bertz CT molecular complexity index is 2710. The van der Waals surface area contributed by atoms with Gasteiger partial charge in [-0.2, -0.15) is 5.26 Å². The van der Waals surface area contributed by atoms with Gasteiger partial charge in [-0.15, -0.1) is 11.3 Å². The number of hydrogen-bond acceptors (Lipinski definition) is 3. The number of para-hydroxylation sites is 2. The number of furan rings is 1. The lowest BCUT2D eigenvalue weighted by Gasteiger charge is -2.08. The van der Waals surface area contributed by atoms with Crippen LogP contribution in [0.15, 0.2) is 120 Å². The summed E-state index contributed by atoms with van der Waals surface area (Å²) in [6.45, 7) is 8.09. The molecule has 0 fully saturated rings. The molecule has 43 heavy (non-hydrogen) atoms. The SMILES string of the molecule is [C-]#[N+]c1cc(-c2cccc3c2sc2ccccc23)cc2c1oc1c(-n3c4ccccc4c4cc(C#N)ccc43)cccc12. The Morgan fingerprint density at radius 2 is 1.44 bits per heavy atom. The zero-order valence-corrected chi connectivity index (χ0v) is 23.4. The lowest BCUT2D eigenvalue weighted by atomic mass is 9.99. The van der Waals surface area contributed by atoms with Gasteiger partial charge in [-0.3, -0.25) is 0 Å². The maximum absolute atomic E-state index is 9.57. The summed E-state index contributed by atoms with van der Waals surface area (Å²) >= 11 is 1.79. The third-order valence-corrected chi connectivity index (χ3v) is 9.66. The van der Waals surface area contributed by atoms with Crippen molar-refractivity contribution in [3.05, 3.63) is 132 Å². The van der Waals surface area contributed by atoms with Crippen molar-refractivity contribution in [3.63, 3.8) is 0 Å². The highest BCUT2D eigenvalue weighted by molar-refractivity contribution is 7.26. The second-order valence-electron chi connectivity index (χ2n) is 10.7. The van der Waals surface area contributed by atoms with Gasteiger partial charge in [0.15, 0.2) is 5.58 Å². The molecule has 198 valence electrons. The maximum Gasteiger partial charge on any atom is 0.230 e. The van der Waals surface area contributed by atoms with E-state index in [-0.39, 0.29) is 0 Å². The van der Waals surface area contributed by atoms with Gasteiger partial charge in [0.05, 0.1) is 34.9 Å². The van der Waals surface area contributed by atoms with Gasteiger partial charge < -0.3 is 8.98 Å².